The molecule has 0 spiro atoms. The number of hydrogen-bond acceptors (Lipinski definition) is 3. The number of hydrogen-bond donors (Lipinski definition) is 2. The van der Waals surface area contributed by atoms with Gasteiger partial charge in [-0.25, -0.2) is 9.67 Å². The maximum Gasteiger partial charge on any atom is 0.387 e. The Hall–Kier alpha value is -3.42. The molecule has 0 aliphatic rings. The zero-order valence-corrected chi connectivity index (χ0v) is 16.1. The van der Waals surface area contributed by atoms with Crippen molar-refractivity contribution in [1.29, 1.82) is 0 Å². The summed E-state index contributed by atoms with van der Waals surface area (Å²) in [6.45, 7) is 0.572. The van der Waals surface area contributed by atoms with Crippen molar-refractivity contribution in [3.05, 3.63) is 78.1 Å². The molecule has 0 atom stereocenters. The molecule has 152 valence electrons. The van der Waals surface area contributed by atoms with Gasteiger partial charge in [0.1, 0.15) is 5.75 Å². The van der Waals surface area contributed by atoms with Crippen LogP contribution in [0.25, 0.3) is 5.69 Å². The summed E-state index contributed by atoms with van der Waals surface area (Å²) in [5.74, 6) is 0.746. The second-order valence-electron chi connectivity index (χ2n) is 6.15. The second kappa shape index (κ2) is 10.2. The minimum Gasteiger partial charge on any atom is -0.434 e. The number of guanidine groups is 1. The molecule has 2 N–H and O–H groups in total. The van der Waals surface area contributed by atoms with Crippen LogP contribution >= 0.6 is 0 Å². The number of aliphatic imine (C=N–C) groups is 1. The Labute approximate surface area is 168 Å². The molecule has 0 saturated carbocycles. The van der Waals surface area contributed by atoms with Crippen molar-refractivity contribution in [3.63, 3.8) is 0 Å². The first-order chi connectivity index (χ1) is 14.2. The third-order valence-corrected chi connectivity index (χ3v) is 4.10. The quantitative estimate of drug-likeness (QED) is 0.448. The van der Waals surface area contributed by atoms with E-state index in [1.807, 2.05) is 43.5 Å². The van der Waals surface area contributed by atoms with Crippen molar-refractivity contribution in [3.8, 4) is 11.4 Å². The number of para-hydroxylation sites is 1. The Morgan fingerprint density at radius 2 is 1.90 bits per heavy atom. The largest absolute Gasteiger partial charge is 0.434 e. The summed E-state index contributed by atoms with van der Waals surface area (Å²) in [7, 11) is 0. The van der Waals surface area contributed by atoms with E-state index >= 15 is 0 Å². The highest BCUT2D eigenvalue weighted by atomic mass is 19.3. The SMILES string of the molecule is CCNC(=NCc1ccc(-n2cccn2)cc1)NCc1ccccc1OC(F)F. The zero-order chi connectivity index (χ0) is 20.5. The lowest BCUT2D eigenvalue weighted by Gasteiger charge is -2.14. The van der Waals surface area contributed by atoms with E-state index in [0.717, 1.165) is 11.3 Å². The minimum atomic E-state index is -2.86. The van der Waals surface area contributed by atoms with Gasteiger partial charge in [-0.05, 0) is 36.8 Å². The van der Waals surface area contributed by atoms with E-state index in [1.54, 1.807) is 29.1 Å². The Morgan fingerprint density at radius 1 is 1.10 bits per heavy atom. The molecule has 0 saturated heterocycles. The highest BCUT2D eigenvalue weighted by Gasteiger charge is 2.09. The summed E-state index contributed by atoms with van der Waals surface area (Å²) < 4.78 is 31.5. The van der Waals surface area contributed by atoms with Crippen LogP contribution in [0.3, 0.4) is 0 Å². The molecule has 0 radical (unpaired) electrons. The monoisotopic (exact) mass is 399 g/mol. The van der Waals surface area contributed by atoms with E-state index in [1.165, 1.54) is 6.07 Å². The standard InChI is InChI=1S/C21H23F2N5O/c1-2-24-21(26-15-17-6-3-4-7-19(17)29-20(22)23)25-14-16-8-10-18(11-9-16)28-13-5-12-27-28/h3-13,20H,2,14-15H2,1H3,(H2,24,25,26). The first kappa shape index (κ1) is 20.3. The van der Waals surface area contributed by atoms with Gasteiger partial charge in [0.25, 0.3) is 0 Å². The summed E-state index contributed by atoms with van der Waals surface area (Å²) in [5.41, 5.74) is 2.64. The molecule has 3 rings (SSSR count). The number of aromatic nitrogens is 2. The van der Waals surface area contributed by atoms with Crippen LogP contribution in [0.4, 0.5) is 8.78 Å². The molecule has 2 aromatic carbocycles. The van der Waals surface area contributed by atoms with Gasteiger partial charge >= 0.3 is 6.61 Å². The highest BCUT2D eigenvalue weighted by molar-refractivity contribution is 5.79. The number of nitrogens with zero attached hydrogens (tertiary/aromatic N) is 3. The van der Waals surface area contributed by atoms with Crippen molar-refractivity contribution in [2.24, 2.45) is 4.99 Å². The third-order valence-electron chi connectivity index (χ3n) is 4.10. The van der Waals surface area contributed by atoms with Crippen LogP contribution in [0.2, 0.25) is 0 Å². The Kier molecular flexibility index (Phi) is 7.16. The summed E-state index contributed by atoms with van der Waals surface area (Å²) in [5, 5.41) is 10.5. The van der Waals surface area contributed by atoms with Gasteiger partial charge in [0.05, 0.1) is 12.2 Å². The van der Waals surface area contributed by atoms with Crippen molar-refractivity contribution >= 4 is 5.96 Å². The van der Waals surface area contributed by atoms with Crippen molar-refractivity contribution in [2.45, 2.75) is 26.6 Å². The third kappa shape index (κ3) is 6.03. The van der Waals surface area contributed by atoms with E-state index in [-0.39, 0.29) is 5.75 Å². The van der Waals surface area contributed by atoms with E-state index < -0.39 is 6.61 Å². The van der Waals surface area contributed by atoms with E-state index in [2.05, 4.69) is 25.5 Å². The van der Waals surface area contributed by atoms with Gasteiger partial charge in [-0.3, -0.25) is 0 Å². The zero-order valence-electron chi connectivity index (χ0n) is 16.1. The van der Waals surface area contributed by atoms with Crippen LogP contribution in [-0.2, 0) is 13.1 Å². The first-order valence-corrected chi connectivity index (χ1v) is 9.29. The lowest BCUT2D eigenvalue weighted by Crippen LogP contribution is -2.36. The number of alkyl halides is 2. The molecule has 0 unspecified atom stereocenters. The lowest BCUT2D eigenvalue weighted by atomic mass is 10.2. The fraction of sp³-hybridized carbons (Fsp3) is 0.238. The number of ether oxygens (including phenoxy) is 1. The molecule has 6 nitrogen and oxygen atoms in total. The molecular weight excluding hydrogens is 376 g/mol. The van der Waals surface area contributed by atoms with Crippen molar-refractivity contribution in [2.75, 3.05) is 6.54 Å². The Bertz CT molecular complexity index is 911. The predicted molar refractivity (Wildman–Crippen MR) is 108 cm³/mol. The average Bonchev–Trinajstić information content (AvgIpc) is 3.26. The first-order valence-electron chi connectivity index (χ1n) is 9.29. The highest BCUT2D eigenvalue weighted by Crippen LogP contribution is 2.20. The second-order valence-corrected chi connectivity index (χ2v) is 6.15. The number of benzene rings is 2. The fourth-order valence-corrected chi connectivity index (χ4v) is 2.73. The Balaban J connectivity index is 1.63. The molecule has 0 aliphatic heterocycles. The molecule has 0 amide bonds. The average molecular weight is 399 g/mol. The number of rotatable bonds is 8. The summed E-state index contributed by atoms with van der Waals surface area (Å²) >= 11 is 0. The molecule has 0 bridgehead atoms. The molecule has 8 heteroatoms. The molecule has 3 aromatic rings. The van der Waals surface area contributed by atoms with Crippen LogP contribution in [0, 0.1) is 0 Å². The van der Waals surface area contributed by atoms with Crippen LogP contribution in [-0.4, -0.2) is 28.9 Å². The molecule has 0 fully saturated rings. The lowest BCUT2D eigenvalue weighted by molar-refractivity contribution is -0.0504. The minimum absolute atomic E-state index is 0.153. The van der Waals surface area contributed by atoms with Gasteiger partial charge in [0, 0.05) is 31.0 Å². The summed E-state index contributed by atoms with van der Waals surface area (Å²) in [6.07, 6.45) is 3.62. The predicted octanol–water partition coefficient (Wildman–Crippen LogP) is 3.73. The van der Waals surface area contributed by atoms with Gasteiger partial charge in [-0.2, -0.15) is 13.9 Å². The van der Waals surface area contributed by atoms with Crippen LogP contribution in [0.15, 0.2) is 72.0 Å². The normalized spacial score (nSPS) is 11.5. The molecular formula is C21H23F2N5O. The maximum atomic E-state index is 12.6. The smallest absolute Gasteiger partial charge is 0.387 e. The molecule has 29 heavy (non-hydrogen) atoms. The molecule has 1 heterocycles. The van der Waals surface area contributed by atoms with Crippen molar-refractivity contribution in [1.82, 2.24) is 20.4 Å². The van der Waals surface area contributed by atoms with Gasteiger partial charge in [-0.15, -0.1) is 0 Å². The summed E-state index contributed by atoms with van der Waals surface area (Å²) in [4.78, 5) is 4.56. The fourth-order valence-electron chi connectivity index (χ4n) is 2.73. The maximum absolute atomic E-state index is 12.6. The van der Waals surface area contributed by atoms with E-state index in [9.17, 15) is 8.78 Å². The van der Waals surface area contributed by atoms with Crippen LogP contribution < -0.4 is 15.4 Å². The number of nitrogens with one attached hydrogen (secondary N) is 2. The van der Waals surface area contributed by atoms with Crippen LogP contribution in [0.5, 0.6) is 5.75 Å². The van der Waals surface area contributed by atoms with Crippen LogP contribution in [0.1, 0.15) is 18.1 Å². The summed E-state index contributed by atoms with van der Waals surface area (Å²) in [6, 6.07) is 16.5. The van der Waals surface area contributed by atoms with Gasteiger partial charge < -0.3 is 15.4 Å². The Morgan fingerprint density at radius 3 is 2.59 bits per heavy atom. The number of halogens is 2. The van der Waals surface area contributed by atoms with Gasteiger partial charge in [-0.1, -0.05) is 30.3 Å². The van der Waals surface area contributed by atoms with E-state index in [4.69, 9.17) is 0 Å². The molecule has 1 aromatic heterocycles. The van der Waals surface area contributed by atoms with Gasteiger partial charge in [0.2, 0.25) is 0 Å². The topological polar surface area (TPSA) is 63.5 Å². The van der Waals surface area contributed by atoms with Gasteiger partial charge in [0.15, 0.2) is 5.96 Å². The van der Waals surface area contributed by atoms with Crippen molar-refractivity contribution < 1.29 is 13.5 Å². The van der Waals surface area contributed by atoms with E-state index in [0.29, 0.717) is 31.2 Å². The molecule has 0 aliphatic carbocycles.